The van der Waals surface area contributed by atoms with Crippen molar-refractivity contribution >= 4 is 0 Å². The van der Waals surface area contributed by atoms with E-state index < -0.39 is 5.60 Å². The number of hydrogen-bond acceptors (Lipinski definition) is 2. The maximum absolute atomic E-state index is 10.8. The van der Waals surface area contributed by atoms with Crippen molar-refractivity contribution < 1.29 is 5.11 Å². The van der Waals surface area contributed by atoms with Gasteiger partial charge in [0.05, 0.1) is 5.60 Å². The maximum atomic E-state index is 10.8. The third kappa shape index (κ3) is 3.04. The Hall–Kier alpha value is -1.61. The summed E-state index contributed by atoms with van der Waals surface area (Å²) >= 11 is 0. The van der Waals surface area contributed by atoms with Crippen LogP contribution in [-0.2, 0) is 18.6 Å². The lowest BCUT2D eigenvalue weighted by molar-refractivity contribution is 0.0545. The maximum Gasteiger partial charge on any atom is 0.111 e. The lowest BCUT2D eigenvalue weighted by Gasteiger charge is -2.25. The molecular formula is C16H22N2O. The smallest absolute Gasteiger partial charge is 0.111 e. The second-order valence-corrected chi connectivity index (χ2v) is 5.46. The standard InChI is InChI=1S/C16H22N2O/c1-5-18-7-6-17-15(18)11-16(4,19)14-9-12(2)8-13(3)10-14/h6-10,19H,5,11H2,1-4H3. The van der Waals surface area contributed by atoms with E-state index in [1.807, 2.05) is 25.3 Å². The fourth-order valence-corrected chi connectivity index (χ4v) is 2.49. The zero-order valence-corrected chi connectivity index (χ0v) is 12.1. The van der Waals surface area contributed by atoms with Crippen LogP contribution in [0.3, 0.4) is 0 Å². The number of rotatable bonds is 4. The summed E-state index contributed by atoms with van der Waals surface area (Å²) in [6, 6.07) is 6.21. The first-order valence-corrected chi connectivity index (χ1v) is 6.73. The fraction of sp³-hybridized carbons (Fsp3) is 0.438. The third-order valence-corrected chi connectivity index (χ3v) is 3.49. The van der Waals surface area contributed by atoms with Crippen LogP contribution < -0.4 is 0 Å². The van der Waals surface area contributed by atoms with Gasteiger partial charge in [0.25, 0.3) is 0 Å². The molecule has 0 fully saturated rings. The Morgan fingerprint density at radius 3 is 2.42 bits per heavy atom. The van der Waals surface area contributed by atoms with Gasteiger partial charge < -0.3 is 9.67 Å². The van der Waals surface area contributed by atoms with Crippen LogP contribution in [0.1, 0.15) is 36.4 Å². The average molecular weight is 258 g/mol. The molecule has 0 radical (unpaired) electrons. The van der Waals surface area contributed by atoms with E-state index in [0.29, 0.717) is 6.42 Å². The first-order chi connectivity index (χ1) is 8.92. The molecule has 0 bridgehead atoms. The van der Waals surface area contributed by atoms with Gasteiger partial charge in [0.15, 0.2) is 0 Å². The highest BCUT2D eigenvalue weighted by atomic mass is 16.3. The van der Waals surface area contributed by atoms with Gasteiger partial charge in [-0.25, -0.2) is 4.98 Å². The summed E-state index contributed by atoms with van der Waals surface area (Å²) in [5.74, 6) is 0.923. The van der Waals surface area contributed by atoms with Crippen molar-refractivity contribution in [3.8, 4) is 0 Å². The largest absolute Gasteiger partial charge is 0.385 e. The minimum absolute atomic E-state index is 0.525. The molecule has 0 aliphatic carbocycles. The van der Waals surface area contributed by atoms with Crippen LogP contribution >= 0.6 is 0 Å². The highest BCUT2D eigenvalue weighted by Crippen LogP contribution is 2.26. The predicted molar refractivity (Wildman–Crippen MR) is 77.1 cm³/mol. The molecule has 1 atom stereocenters. The molecule has 0 saturated heterocycles. The van der Waals surface area contributed by atoms with Crippen LogP contribution in [0.4, 0.5) is 0 Å². The van der Waals surface area contributed by atoms with Gasteiger partial charge in [-0.1, -0.05) is 29.3 Å². The molecule has 19 heavy (non-hydrogen) atoms. The third-order valence-electron chi connectivity index (χ3n) is 3.49. The Morgan fingerprint density at radius 1 is 1.21 bits per heavy atom. The van der Waals surface area contributed by atoms with Crippen molar-refractivity contribution in [2.75, 3.05) is 0 Å². The quantitative estimate of drug-likeness (QED) is 0.915. The van der Waals surface area contributed by atoms with Crippen LogP contribution in [0.15, 0.2) is 30.6 Å². The molecule has 3 heteroatoms. The van der Waals surface area contributed by atoms with Gasteiger partial charge in [0.1, 0.15) is 5.82 Å². The Balaban J connectivity index is 2.31. The molecule has 3 nitrogen and oxygen atoms in total. The summed E-state index contributed by atoms with van der Waals surface area (Å²) in [6.07, 6.45) is 4.26. The molecule has 2 rings (SSSR count). The lowest BCUT2D eigenvalue weighted by atomic mass is 9.90. The normalized spacial score (nSPS) is 14.4. The minimum Gasteiger partial charge on any atom is -0.385 e. The summed E-state index contributed by atoms with van der Waals surface area (Å²) in [5.41, 5.74) is 2.41. The molecular weight excluding hydrogens is 236 g/mol. The van der Waals surface area contributed by atoms with E-state index in [1.165, 1.54) is 11.1 Å². The van der Waals surface area contributed by atoms with Gasteiger partial charge >= 0.3 is 0 Å². The Morgan fingerprint density at radius 2 is 1.84 bits per heavy atom. The van der Waals surface area contributed by atoms with E-state index in [9.17, 15) is 5.11 Å². The van der Waals surface area contributed by atoms with Crippen LogP contribution in [-0.4, -0.2) is 14.7 Å². The van der Waals surface area contributed by atoms with Gasteiger partial charge in [-0.15, -0.1) is 0 Å². The first-order valence-electron chi connectivity index (χ1n) is 6.73. The van der Waals surface area contributed by atoms with Gasteiger partial charge in [0, 0.05) is 25.4 Å². The number of aromatic nitrogens is 2. The fourth-order valence-electron chi connectivity index (χ4n) is 2.49. The van der Waals surface area contributed by atoms with Crippen molar-refractivity contribution in [2.45, 2.75) is 46.3 Å². The number of imidazole rings is 1. The summed E-state index contributed by atoms with van der Waals surface area (Å²) < 4.78 is 2.07. The second kappa shape index (κ2) is 5.17. The van der Waals surface area contributed by atoms with Crippen molar-refractivity contribution in [3.63, 3.8) is 0 Å². The van der Waals surface area contributed by atoms with Gasteiger partial charge in [-0.05, 0) is 33.3 Å². The number of aryl methyl sites for hydroxylation is 3. The SMILES string of the molecule is CCn1ccnc1CC(C)(O)c1cc(C)cc(C)c1. The number of aliphatic hydroxyl groups is 1. The molecule has 0 aliphatic heterocycles. The van der Waals surface area contributed by atoms with Crippen molar-refractivity contribution in [2.24, 2.45) is 0 Å². The number of hydrogen-bond donors (Lipinski definition) is 1. The molecule has 0 amide bonds. The lowest BCUT2D eigenvalue weighted by Crippen LogP contribution is -2.26. The number of benzene rings is 1. The van der Waals surface area contributed by atoms with Crippen LogP contribution in [0.25, 0.3) is 0 Å². The topological polar surface area (TPSA) is 38.0 Å². The Bertz CT molecular complexity index is 550. The van der Waals surface area contributed by atoms with Crippen LogP contribution in [0.2, 0.25) is 0 Å². The molecule has 102 valence electrons. The minimum atomic E-state index is -0.894. The first kappa shape index (κ1) is 13.8. The molecule has 2 aromatic rings. The van der Waals surface area contributed by atoms with Crippen molar-refractivity contribution in [3.05, 3.63) is 53.1 Å². The molecule has 1 heterocycles. The molecule has 1 aromatic carbocycles. The van der Waals surface area contributed by atoms with Gasteiger partial charge in [0.2, 0.25) is 0 Å². The summed E-state index contributed by atoms with van der Waals surface area (Å²) in [7, 11) is 0. The van der Waals surface area contributed by atoms with Gasteiger partial charge in [-0.2, -0.15) is 0 Å². The monoisotopic (exact) mass is 258 g/mol. The highest BCUT2D eigenvalue weighted by Gasteiger charge is 2.26. The highest BCUT2D eigenvalue weighted by molar-refractivity contribution is 5.32. The predicted octanol–water partition coefficient (Wildman–Crippen LogP) is 2.97. The summed E-state index contributed by atoms with van der Waals surface area (Å²) in [4.78, 5) is 4.35. The molecule has 1 unspecified atom stereocenters. The summed E-state index contributed by atoms with van der Waals surface area (Å²) in [5, 5.41) is 10.8. The van der Waals surface area contributed by atoms with E-state index in [2.05, 4.69) is 36.4 Å². The Kier molecular flexibility index (Phi) is 3.76. The van der Waals surface area contributed by atoms with E-state index in [1.54, 1.807) is 6.20 Å². The van der Waals surface area contributed by atoms with E-state index in [4.69, 9.17) is 0 Å². The van der Waals surface area contributed by atoms with Crippen LogP contribution in [0, 0.1) is 13.8 Å². The summed E-state index contributed by atoms with van der Waals surface area (Å²) in [6.45, 7) is 8.92. The molecule has 1 aromatic heterocycles. The van der Waals surface area contributed by atoms with Crippen molar-refractivity contribution in [1.82, 2.24) is 9.55 Å². The Labute approximate surface area is 114 Å². The van der Waals surface area contributed by atoms with E-state index in [0.717, 1.165) is 17.9 Å². The molecule has 0 saturated carbocycles. The van der Waals surface area contributed by atoms with E-state index in [-0.39, 0.29) is 0 Å². The number of nitrogens with zero attached hydrogens (tertiary/aromatic N) is 2. The molecule has 0 spiro atoms. The van der Waals surface area contributed by atoms with Crippen LogP contribution in [0.5, 0.6) is 0 Å². The zero-order valence-electron chi connectivity index (χ0n) is 12.1. The van der Waals surface area contributed by atoms with Crippen molar-refractivity contribution in [1.29, 1.82) is 0 Å². The molecule has 0 aliphatic rings. The van der Waals surface area contributed by atoms with Gasteiger partial charge in [-0.3, -0.25) is 0 Å². The second-order valence-electron chi connectivity index (χ2n) is 5.46. The zero-order chi connectivity index (χ0) is 14.0. The average Bonchev–Trinajstić information content (AvgIpc) is 2.74. The van der Waals surface area contributed by atoms with E-state index >= 15 is 0 Å². The molecule has 1 N–H and O–H groups in total.